The van der Waals surface area contributed by atoms with Gasteiger partial charge in [0.1, 0.15) is 23.0 Å². The van der Waals surface area contributed by atoms with Crippen molar-refractivity contribution in [1.82, 2.24) is 9.13 Å². The van der Waals surface area contributed by atoms with Gasteiger partial charge in [0.25, 0.3) is 6.71 Å². The van der Waals surface area contributed by atoms with E-state index in [2.05, 4.69) is 187 Å². The van der Waals surface area contributed by atoms with E-state index in [0.717, 1.165) is 56.3 Å². The van der Waals surface area contributed by atoms with Crippen LogP contribution in [0.15, 0.2) is 164 Å². The van der Waals surface area contributed by atoms with E-state index in [1.54, 1.807) is 0 Å². The minimum atomic E-state index is -0.0658. The van der Waals surface area contributed by atoms with Gasteiger partial charge in [-0.25, -0.2) is 0 Å². The molecular formula is C50H33BN2O2. The molecule has 0 aliphatic carbocycles. The molecule has 0 unspecified atom stereocenters. The van der Waals surface area contributed by atoms with Gasteiger partial charge in [0.15, 0.2) is 0 Å². The van der Waals surface area contributed by atoms with Crippen LogP contribution in [-0.2, 0) is 0 Å². The van der Waals surface area contributed by atoms with Crippen LogP contribution in [0.3, 0.4) is 0 Å². The van der Waals surface area contributed by atoms with Gasteiger partial charge in [0, 0.05) is 50.5 Å². The highest BCUT2D eigenvalue weighted by Crippen LogP contribution is 2.42. The molecular weight excluding hydrogens is 671 g/mol. The molecule has 0 spiro atoms. The van der Waals surface area contributed by atoms with Crippen molar-refractivity contribution in [3.05, 3.63) is 175 Å². The van der Waals surface area contributed by atoms with Crippen molar-refractivity contribution in [2.75, 3.05) is 0 Å². The van der Waals surface area contributed by atoms with Crippen LogP contribution in [-0.4, -0.2) is 15.8 Å². The Morgan fingerprint density at radius 2 is 0.800 bits per heavy atom. The topological polar surface area (TPSA) is 28.3 Å². The van der Waals surface area contributed by atoms with Crippen LogP contribution in [0.2, 0.25) is 0 Å². The van der Waals surface area contributed by atoms with Gasteiger partial charge in [-0.05, 0) is 95.6 Å². The first-order chi connectivity index (χ1) is 27.1. The summed E-state index contributed by atoms with van der Waals surface area (Å²) in [5.74, 6) is 3.40. The van der Waals surface area contributed by atoms with Crippen LogP contribution in [0.25, 0.3) is 66.1 Å². The predicted octanol–water partition coefficient (Wildman–Crippen LogP) is 10.9. The fourth-order valence-corrected chi connectivity index (χ4v) is 9.56. The second-order valence-electron chi connectivity index (χ2n) is 15.0. The number of hydrogen-bond donors (Lipinski definition) is 0. The predicted molar refractivity (Wildman–Crippen MR) is 228 cm³/mol. The molecule has 12 rings (SSSR count). The van der Waals surface area contributed by atoms with E-state index in [1.165, 1.54) is 60.3 Å². The lowest BCUT2D eigenvalue weighted by atomic mass is 9.35. The molecule has 2 aliphatic heterocycles. The van der Waals surface area contributed by atoms with Crippen LogP contribution in [0.4, 0.5) is 0 Å². The minimum absolute atomic E-state index is 0.0658. The van der Waals surface area contributed by atoms with Gasteiger partial charge >= 0.3 is 0 Å². The largest absolute Gasteiger partial charge is 0.458 e. The minimum Gasteiger partial charge on any atom is -0.458 e. The summed E-state index contributed by atoms with van der Waals surface area (Å²) in [6, 6.07) is 59.0. The number of nitrogens with zero attached hydrogens (tertiary/aromatic N) is 2. The maximum atomic E-state index is 7.03. The van der Waals surface area contributed by atoms with Gasteiger partial charge in [-0.2, -0.15) is 0 Å². The number of rotatable bonds is 3. The zero-order chi connectivity index (χ0) is 36.4. The van der Waals surface area contributed by atoms with Gasteiger partial charge in [-0.3, -0.25) is 0 Å². The molecule has 0 bridgehead atoms. The van der Waals surface area contributed by atoms with E-state index in [-0.39, 0.29) is 6.71 Å². The fraction of sp³-hybridized carbons (Fsp3) is 0.0400. The molecule has 2 aliphatic rings. The Labute approximate surface area is 318 Å². The molecule has 0 fully saturated rings. The molecule has 0 radical (unpaired) electrons. The molecule has 0 saturated heterocycles. The number of ether oxygens (including phenoxy) is 2. The Morgan fingerprint density at radius 3 is 1.22 bits per heavy atom. The quantitative estimate of drug-likeness (QED) is 0.171. The van der Waals surface area contributed by atoms with Crippen LogP contribution >= 0.6 is 0 Å². The molecule has 2 aromatic heterocycles. The molecule has 0 saturated carbocycles. The molecule has 258 valence electrons. The Bertz CT molecular complexity index is 2950. The summed E-state index contributed by atoms with van der Waals surface area (Å²) < 4.78 is 18.8. The second-order valence-corrected chi connectivity index (χ2v) is 15.0. The SMILES string of the molecule is Cc1cccc(C)c1-c1cc2c3c(c1)Oc1cc(-n4c5ccccc5c5ccccc54)ccc1B3c1ccc(-n3c4ccccc4c4ccccc43)cc1O2. The summed E-state index contributed by atoms with van der Waals surface area (Å²) in [7, 11) is 0. The number of hydrogen-bond acceptors (Lipinski definition) is 2. The number of para-hydroxylation sites is 4. The average Bonchev–Trinajstić information content (AvgIpc) is 3.73. The molecule has 55 heavy (non-hydrogen) atoms. The van der Waals surface area contributed by atoms with Gasteiger partial charge in [-0.1, -0.05) is 103 Å². The van der Waals surface area contributed by atoms with Crippen LogP contribution in [0.1, 0.15) is 11.1 Å². The summed E-state index contributed by atoms with van der Waals surface area (Å²) in [6.07, 6.45) is 0. The standard InChI is InChI=1S/C50H33BN2O2/c1-30-12-11-13-31(2)49(30)32-26-47-50-48(27-32)55-46-29-34(53-43-20-9-5-16-37(43)38-17-6-10-21-44(38)53)23-25-40(46)51(50)39-24-22-33(28-45(39)54-47)52-41-18-7-3-14-35(41)36-15-4-8-19-42(36)52/h3-29H,1-2H3. The van der Waals surface area contributed by atoms with E-state index in [1.807, 2.05) is 0 Å². The highest BCUT2D eigenvalue weighted by atomic mass is 16.5. The first kappa shape index (κ1) is 30.5. The number of aromatic nitrogens is 2. The first-order valence-corrected chi connectivity index (χ1v) is 19.0. The number of benzene rings is 8. The van der Waals surface area contributed by atoms with Crippen molar-refractivity contribution >= 4 is 66.7 Å². The molecule has 4 heterocycles. The van der Waals surface area contributed by atoms with Crippen molar-refractivity contribution in [3.63, 3.8) is 0 Å². The fourth-order valence-electron chi connectivity index (χ4n) is 9.56. The lowest BCUT2D eigenvalue weighted by Gasteiger charge is -2.34. The molecule has 5 heteroatoms. The summed E-state index contributed by atoms with van der Waals surface area (Å²) in [4.78, 5) is 0. The second kappa shape index (κ2) is 11.3. The third-order valence-corrected chi connectivity index (χ3v) is 11.9. The van der Waals surface area contributed by atoms with E-state index < -0.39 is 0 Å². The maximum absolute atomic E-state index is 7.03. The monoisotopic (exact) mass is 704 g/mol. The Balaban J connectivity index is 1.09. The smallest absolute Gasteiger partial charge is 0.260 e. The third-order valence-electron chi connectivity index (χ3n) is 11.9. The van der Waals surface area contributed by atoms with Gasteiger partial charge in [-0.15, -0.1) is 0 Å². The van der Waals surface area contributed by atoms with E-state index >= 15 is 0 Å². The summed E-state index contributed by atoms with van der Waals surface area (Å²) >= 11 is 0. The van der Waals surface area contributed by atoms with Crippen molar-refractivity contribution in [1.29, 1.82) is 0 Å². The van der Waals surface area contributed by atoms with E-state index in [9.17, 15) is 0 Å². The Hall–Kier alpha value is -6.98. The van der Waals surface area contributed by atoms with E-state index in [0.29, 0.717) is 0 Å². The molecule has 0 amide bonds. The highest BCUT2D eigenvalue weighted by molar-refractivity contribution is 6.98. The van der Waals surface area contributed by atoms with Crippen molar-refractivity contribution in [3.8, 4) is 45.5 Å². The van der Waals surface area contributed by atoms with Crippen LogP contribution in [0.5, 0.6) is 23.0 Å². The lowest BCUT2D eigenvalue weighted by molar-refractivity contribution is 0.464. The molecule has 8 aromatic carbocycles. The Morgan fingerprint density at radius 1 is 0.400 bits per heavy atom. The molecule has 0 N–H and O–H groups in total. The van der Waals surface area contributed by atoms with Gasteiger partial charge in [0.2, 0.25) is 0 Å². The summed E-state index contributed by atoms with van der Waals surface area (Å²) in [5.41, 5.74) is 14.9. The normalized spacial score (nSPS) is 12.8. The van der Waals surface area contributed by atoms with Crippen LogP contribution < -0.4 is 25.9 Å². The van der Waals surface area contributed by atoms with Crippen molar-refractivity contribution in [2.45, 2.75) is 13.8 Å². The van der Waals surface area contributed by atoms with E-state index in [4.69, 9.17) is 9.47 Å². The number of aryl methyl sites for hydroxylation is 2. The molecule has 4 nitrogen and oxygen atoms in total. The van der Waals surface area contributed by atoms with Gasteiger partial charge < -0.3 is 18.6 Å². The number of fused-ring (bicyclic) bond motifs is 10. The van der Waals surface area contributed by atoms with Crippen molar-refractivity contribution < 1.29 is 9.47 Å². The summed E-state index contributed by atoms with van der Waals surface area (Å²) in [6.45, 7) is 4.29. The first-order valence-electron chi connectivity index (χ1n) is 19.0. The highest BCUT2D eigenvalue weighted by Gasteiger charge is 2.41. The van der Waals surface area contributed by atoms with Crippen LogP contribution in [0, 0.1) is 13.8 Å². The zero-order valence-electron chi connectivity index (χ0n) is 30.4. The summed E-state index contributed by atoms with van der Waals surface area (Å²) in [5, 5.41) is 4.95. The lowest BCUT2D eigenvalue weighted by Crippen LogP contribution is -2.57. The molecule has 0 atom stereocenters. The van der Waals surface area contributed by atoms with Crippen molar-refractivity contribution in [2.24, 2.45) is 0 Å². The average molecular weight is 705 g/mol. The third kappa shape index (κ3) is 4.29. The maximum Gasteiger partial charge on any atom is 0.260 e. The molecule has 10 aromatic rings. The van der Waals surface area contributed by atoms with Gasteiger partial charge in [0.05, 0.1) is 22.1 Å². The zero-order valence-corrected chi connectivity index (χ0v) is 30.4. The Kier molecular flexibility index (Phi) is 6.24.